The zero-order valence-corrected chi connectivity index (χ0v) is 17.5. The van der Waals surface area contributed by atoms with Crippen LogP contribution in [0.2, 0.25) is 10.0 Å². The molecule has 0 saturated heterocycles. The number of anilines is 1. The predicted molar refractivity (Wildman–Crippen MR) is 116 cm³/mol. The highest BCUT2D eigenvalue weighted by atomic mass is 35.5. The maximum Gasteiger partial charge on any atom is 0.266 e. The molecule has 0 radical (unpaired) electrons. The van der Waals surface area contributed by atoms with Crippen LogP contribution in [0.5, 0.6) is 5.75 Å². The molecule has 0 spiro atoms. The monoisotopic (exact) mass is 446 g/mol. The normalized spacial score (nSPS) is 11.0. The zero-order valence-electron chi connectivity index (χ0n) is 15.2. The molecule has 0 aliphatic rings. The van der Waals surface area contributed by atoms with Gasteiger partial charge in [-0.2, -0.15) is 5.10 Å². The van der Waals surface area contributed by atoms with Crippen molar-refractivity contribution < 1.29 is 9.53 Å². The summed E-state index contributed by atoms with van der Waals surface area (Å²) in [6.07, 6.45) is 3.55. The minimum absolute atomic E-state index is 0.121. The van der Waals surface area contributed by atoms with Crippen molar-refractivity contribution >= 4 is 55.8 Å². The van der Waals surface area contributed by atoms with Gasteiger partial charge in [0.25, 0.3) is 5.91 Å². The number of amides is 1. The second-order valence-electron chi connectivity index (χ2n) is 6.14. The highest BCUT2D eigenvalue weighted by Crippen LogP contribution is 2.33. The number of halogens is 2. The molecule has 6 nitrogen and oxygen atoms in total. The lowest BCUT2D eigenvalue weighted by atomic mass is 10.3. The van der Waals surface area contributed by atoms with E-state index in [2.05, 4.69) is 10.1 Å². The molecule has 0 aliphatic carbocycles. The van der Waals surface area contributed by atoms with Crippen molar-refractivity contribution in [2.24, 2.45) is 0 Å². The number of benzene rings is 2. The zero-order chi connectivity index (χ0) is 20.2. The van der Waals surface area contributed by atoms with Gasteiger partial charge in [0, 0.05) is 24.0 Å². The maximum atomic E-state index is 13.0. The molecule has 2 aromatic heterocycles. The Labute approximate surface area is 181 Å². The number of fused-ring (bicyclic) bond motifs is 1. The van der Waals surface area contributed by atoms with Crippen molar-refractivity contribution in [3.63, 3.8) is 0 Å². The molecule has 4 aromatic rings. The first-order valence-corrected chi connectivity index (χ1v) is 10.4. The van der Waals surface area contributed by atoms with E-state index in [9.17, 15) is 4.79 Å². The van der Waals surface area contributed by atoms with E-state index in [-0.39, 0.29) is 12.5 Å². The number of para-hydroxylation sites is 1. The largest absolute Gasteiger partial charge is 0.484 e. The molecule has 2 heterocycles. The summed E-state index contributed by atoms with van der Waals surface area (Å²) in [5, 5.41) is 5.94. The predicted octanol–water partition coefficient (Wildman–Crippen LogP) is 4.91. The van der Waals surface area contributed by atoms with Gasteiger partial charge in [0.05, 0.1) is 16.3 Å². The minimum Gasteiger partial charge on any atom is -0.484 e. The van der Waals surface area contributed by atoms with Gasteiger partial charge in [0.2, 0.25) is 0 Å². The van der Waals surface area contributed by atoms with E-state index in [1.165, 1.54) is 11.3 Å². The summed E-state index contributed by atoms with van der Waals surface area (Å²) in [5.41, 5.74) is 0.685. The summed E-state index contributed by atoms with van der Waals surface area (Å²) in [4.78, 5) is 19.2. The fraction of sp³-hybridized carbons (Fsp3) is 0.150. The van der Waals surface area contributed by atoms with Crippen molar-refractivity contribution in [2.45, 2.75) is 6.54 Å². The average molecular weight is 447 g/mol. The standard InChI is InChI=1S/C20H16Cl2N4O2S/c21-14-5-7-15(8-6-14)28-13-18(27)26(12-11-25-10-2-9-23-25)20-24-19-16(22)3-1-4-17(19)29-20/h1-10H,11-13H2. The van der Waals surface area contributed by atoms with Crippen LogP contribution in [-0.2, 0) is 11.3 Å². The summed E-state index contributed by atoms with van der Waals surface area (Å²) in [7, 11) is 0. The van der Waals surface area contributed by atoms with Crippen LogP contribution in [-0.4, -0.2) is 33.8 Å². The lowest BCUT2D eigenvalue weighted by Crippen LogP contribution is -2.37. The average Bonchev–Trinajstić information content (AvgIpc) is 3.38. The minimum atomic E-state index is -0.206. The molecule has 2 aromatic carbocycles. The lowest BCUT2D eigenvalue weighted by Gasteiger charge is -2.20. The Hall–Kier alpha value is -2.61. The summed E-state index contributed by atoms with van der Waals surface area (Å²) in [6.45, 7) is 0.815. The number of rotatable bonds is 7. The van der Waals surface area contributed by atoms with Gasteiger partial charge in [-0.15, -0.1) is 0 Å². The number of hydrogen-bond donors (Lipinski definition) is 0. The van der Waals surface area contributed by atoms with Crippen molar-refractivity contribution in [2.75, 3.05) is 18.1 Å². The number of ether oxygens (including phenoxy) is 1. The van der Waals surface area contributed by atoms with Crippen molar-refractivity contribution in [3.8, 4) is 5.75 Å². The number of aromatic nitrogens is 3. The van der Waals surface area contributed by atoms with Crippen LogP contribution in [0.1, 0.15) is 0 Å². The molecule has 0 unspecified atom stereocenters. The Balaban J connectivity index is 1.55. The molecular weight excluding hydrogens is 431 g/mol. The fourth-order valence-electron chi connectivity index (χ4n) is 2.73. The van der Waals surface area contributed by atoms with Gasteiger partial charge in [-0.25, -0.2) is 4.98 Å². The third-order valence-corrected chi connectivity index (χ3v) is 5.78. The molecule has 0 N–H and O–H groups in total. The van der Waals surface area contributed by atoms with Gasteiger partial charge in [-0.05, 0) is 42.5 Å². The van der Waals surface area contributed by atoms with E-state index < -0.39 is 0 Å². The Kier molecular flexibility index (Phi) is 5.99. The van der Waals surface area contributed by atoms with E-state index in [1.54, 1.807) is 46.1 Å². The molecule has 29 heavy (non-hydrogen) atoms. The van der Waals surface area contributed by atoms with Crippen molar-refractivity contribution in [1.82, 2.24) is 14.8 Å². The maximum absolute atomic E-state index is 13.0. The van der Waals surface area contributed by atoms with Gasteiger partial charge >= 0.3 is 0 Å². The number of thiazole rings is 1. The smallest absolute Gasteiger partial charge is 0.266 e. The number of carbonyl (C=O) groups excluding carboxylic acids is 1. The van der Waals surface area contributed by atoms with Crippen LogP contribution < -0.4 is 9.64 Å². The van der Waals surface area contributed by atoms with Gasteiger partial charge < -0.3 is 4.74 Å². The van der Waals surface area contributed by atoms with Gasteiger partial charge in [-0.1, -0.05) is 40.6 Å². The van der Waals surface area contributed by atoms with Crippen molar-refractivity contribution in [3.05, 3.63) is 71.0 Å². The van der Waals surface area contributed by atoms with Crippen molar-refractivity contribution in [1.29, 1.82) is 0 Å². The quantitative estimate of drug-likeness (QED) is 0.404. The summed E-state index contributed by atoms with van der Waals surface area (Å²) >= 11 is 13.6. The van der Waals surface area contributed by atoms with Gasteiger partial charge in [0.1, 0.15) is 11.3 Å². The number of carbonyl (C=O) groups is 1. The third kappa shape index (κ3) is 4.70. The SMILES string of the molecule is O=C(COc1ccc(Cl)cc1)N(CCn1cccn1)c1nc2c(Cl)cccc2s1. The molecule has 0 atom stereocenters. The fourth-order valence-corrected chi connectivity index (χ4v) is 4.17. The van der Waals surface area contributed by atoms with Gasteiger partial charge in [0.15, 0.2) is 11.7 Å². The van der Waals surface area contributed by atoms with Crippen LogP contribution in [0.15, 0.2) is 60.9 Å². The molecular formula is C20H16Cl2N4O2S. The first-order valence-electron chi connectivity index (χ1n) is 8.81. The van der Waals surface area contributed by atoms with Crippen LogP contribution in [0, 0.1) is 0 Å². The second kappa shape index (κ2) is 8.82. The summed E-state index contributed by atoms with van der Waals surface area (Å²) in [6, 6.07) is 14.3. The van der Waals surface area contributed by atoms with E-state index in [1.807, 2.05) is 24.4 Å². The number of nitrogens with zero attached hydrogens (tertiary/aromatic N) is 4. The second-order valence-corrected chi connectivity index (χ2v) is 7.99. The molecule has 0 aliphatic heterocycles. The van der Waals surface area contributed by atoms with E-state index >= 15 is 0 Å². The van der Waals surface area contributed by atoms with E-state index in [0.717, 1.165) is 4.70 Å². The van der Waals surface area contributed by atoms with Crippen LogP contribution in [0.3, 0.4) is 0 Å². The molecule has 1 amide bonds. The Morgan fingerprint density at radius 1 is 1.14 bits per heavy atom. The summed E-state index contributed by atoms with van der Waals surface area (Å²) in [5.74, 6) is 0.365. The van der Waals surface area contributed by atoms with Crippen LogP contribution in [0.25, 0.3) is 10.2 Å². The molecule has 0 saturated carbocycles. The molecule has 0 fully saturated rings. The van der Waals surface area contributed by atoms with Crippen LogP contribution >= 0.6 is 34.5 Å². The summed E-state index contributed by atoms with van der Waals surface area (Å²) < 4.78 is 8.32. The first-order chi connectivity index (χ1) is 14.1. The molecule has 0 bridgehead atoms. The van der Waals surface area contributed by atoms with E-state index in [4.69, 9.17) is 27.9 Å². The molecule has 148 valence electrons. The Bertz CT molecular complexity index is 1110. The first kappa shape index (κ1) is 19.7. The Morgan fingerprint density at radius 3 is 2.69 bits per heavy atom. The van der Waals surface area contributed by atoms with E-state index in [0.29, 0.717) is 39.5 Å². The lowest BCUT2D eigenvalue weighted by molar-refractivity contribution is -0.120. The van der Waals surface area contributed by atoms with Crippen LogP contribution in [0.4, 0.5) is 5.13 Å². The van der Waals surface area contributed by atoms with Gasteiger partial charge in [-0.3, -0.25) is 14.4 Å². The molecule has 4 rings (SSSR count). The Morgan fingerprint density at radius 2 is 1.97 bits per heavy atom. The third-order valence-electron chi connectivity index (χ3n) is 4.18. The molecule has 9 heteroatoms. The number of hydrogen-bond acceptors (Lipinski definition) is 5. The highest BCUT2D eigenvalue weighted by Gasteiger charge is 2.21. The highest BCUT2D eigenvalue weighted by molar-refractivity contribution is 7.22. The topological polar surface area (TPSA) is 60.2 Å².